The van der Waals surface area contributed by atoms with Crippen molar-refractivity contribution in [2.45, 2.75) is 44.1 Å². The van der Waals surface area contributed by atoms with E-state index in [4.69, 9.17) is 21.9 Å². The van der Waals surface area contributed by atoms with Crippen LogP contribution in [0, 0.1) is 0 Å². The molecule has 3 atom stereocenters. The summed E-state index contributed by atoms with van der Waals surface area (Å²) in [4.78, 5) is 40.2. The lowest BCUT2D eigenvalue weighted by Crippen LogP contribution is -2.52. The second-order valence-corrected chi connectivity index (χ2v) is 9.04. The molecule has 0 unspecified atom stereocenters. The van der Waals surface area contributed by atoms with Gasteiger partial charge in [0.15, 0.2) is 5.78 Å². The SMILES string of the molecule is CCOc1ccc(CC(=O)[C@@H](NC(=O)[C@@H](N)CC(=O)N(CCN)CCN)[C@H](O)c2ccc(C(F)(F)F)cc2)cc1. The van der Waals surface area contributed by atoms with Crippen LogP contribution in [0.3, 0.4) is 0 Å². The van der Waals surface area contributed by atoms with Crippen LogP contribution in [0.4, 0.5) is 13.2 Å². The first-order chi connectivity index (χ1) is 18.9. The molecular formula is C27H36F3N5O5. The summed E-state index contributed by atoms with van der Waals surface area (Å²) in [6.45, 7) is 3.04. The van der Waals surface area contributed by atoms with Crippen LogP contribution in [0.25, 0.3) is 0 Å². The Balaban J connectivity index is 2.26. The molecule has 2 rings (SSSR count). The fourth-order valence-electron chi connectivity index (χ4n) is 3.92. The zero-order chi connectivity index (χ0) is 29.9. The van der Waals surface area contributed by atoms with Crippen LogP contribution in [-0.4, -0.2) is 72.5 Å². The molecule has 0 saturated heterocycles. The highest BCUT2D eigenvalue weighted by molar-refractivity contribution is 5.94. The summed E-state index contributed by atoms with van der Waals surface area (Å²) in [7, 11) is 0. The van der Waals surface area contributed by atoms with Gasteiger partial charge < -0.3 is 37.3 Å². The van der Waals surface area contributed by atoms with Crippen molar-refractivity contribution in [2.24, 2.45) is 17.2 Å². The molecule has 0 bridgehead atoms. The summed E-state index contributed by atoms with van der Waals surface area (Å²) in [5.74, 6) is -1.41. The van der Waals surface area contributed by atoms with Gasteiger partial charge in [-0.25, -0.2) is 0 Å². The van der Waals surface area contributed by atoms with E-state index in [2.05, 4.69) is 5.32 Å². The molecule has 220 valence electrons. The number of carbonyl (C=O) groups excluding carboxylic acids is 3. The lowest BCUT2D eigenvalue weighted by atomic mass is 9.94. The number of rotatable bonds is 15. The first-order valence-corrected chi connectivity index (χ1v) is 12.7. The van der Waals surface area contributed by atoms with Crippen molar-refractivity contribution >= 4 is 17.6 Å². The normalized spacial score (nSPS) is 13.7. The molecule has 0 aromatic heterocycles. The number of benzene rings is 2. The first-order valence-electron chi connectivity index (χ1n) is 12.7. The summed E-state index contributed by atoms with van der Waals surface area (Å²) < 4.78 is 44.4. The van der Waals surface area contributed by atoms with Crippen LogP contribution in [0.1, 0.15) is 36.1 Å². The molecule has 40 heavy (non-hydrogen) atoms. The highest BCUT2D eigenvalue weighted by atomic mass is 19.4. The zero-order valence-electron chi connectivity index (χ0n) is 22.2. The number of ketones is 1. The number of carbonyl (C=O) groups is 3. The number of hydrogen-bond donors (Lipinski definition) is 5. The molecular weight excluding hydrogens is 531 g/mol. The van der Waals surface area contributed by atoms with Gasteiger partial charge in [0.2, 0.25) is 11.8 Å². The van der Waals surface area contributed by atoms with Gasteiger partial charge in [-0.05, 0) is 42.3 Å². The minimum absolute atomic E-state index is 0.0277. The van der Waals surface area contributed by atoms with E-state index < -0.39 is 53.9 Å². The maximum atomic E-state index is 13.3. The number of hydrogen-bond acceptors (Lipinski definition) is 8. The van der Waals surface area contributed by atoms with E-state index in [9.17, 15) is 32.7 Å². The summed E-state index contributed by atoms with van der Waals surface area (Å²) >= 11 is 0. The molecule has 0 spiro atoms. The molecule has 8 N–H and O–H groups in total. The monoisotopic (exact) mass is 567 g/mol. The molecule has 2 amide bonds. The first kappa shape index (κ1) is 32.7. The van der Waals surface area contributed by atoms with Crippen LogP contribution < -0.4 is 27.3 Å². The standard InChI is InChI=1S/C27H36F3N5O5/c1-2-40-20-9-3-17(4-10-20)15-22(36)24(25(38)18-5-7-19(8-6-18)27(28,29)30)34-26(39)21(33)16-23(37)35(13-11-31)14-12-32/h3-10,21,24-25,38H,2,11-16,31-33H2,1H3,(H,34,39)/t21-,24+,25+/m0/s1. The molecule has 2 aromatic carbocycles. The average Bonchev–Trinajstić information content (AvgIpc) is 2.91. The number of nitrogens with two attached hydrogens (primary N) is 3. The summed E-state index contributed by atoms with van der Waals surface area (Å²) in [5.41, 5.74) is 16.6. The number of halogens is 3. The van der Waals surface area contributed by atoms with Gasteiger partial charge in [0.1, 0.15) is 17.9 Å². The van der Waals surface area contributed by atoms with Gasteiger partial charge in [0.05, 0.1) is 24.6 Å². The Kier molecular flexibility index (Phi) is 12.5. The van der Waals surface area contributed by atoms with E-state index in [0.717, 1.165) is 24.3 Å². The Morgan fingerprint density at radius 3 is 2.08 bits per heavy atom. The Bertz CT molecular complexity index is 1110. The largest absolute Gasteiger partial charge is 0.494 e. The fourth-order valence-corrected chi connectivity index (χ4v) is 3.92. The predicted molar refractivity (Wildman–Crippen MR) is 142 cm³/mol. The predicted octanol–water partition coefficient (Wildman–Crippen LogP) is 0.898. The van der Waals surface area contributed by atoms with E-state index in [1.54, 1.807) is 24.3 Å². The number of Topliss-reactive ketones (excluding diaryl/α,β-unsaturated/α-hetero) is 1. The number of alkyl halides is 3. The minimum atomic E-state index is -4.60. The van der Waals surface area contributed by atoms with Crippen molar-refractivity contribution in [2.75, 3.05) is 32.8 Å². The van der Waals surface area contributed by atoms with Gasteiger partial charge >= 0.3 is 6.18 Å². The van der Waals surface area contributed by atoms with E-state index >= 15 is 0 Å². The molecule has 0 saturated carbocycles. The van der Waals surface area contributed by atoms with Gasteiger partial charge in [-0.15, -0.1) is 0 Å². The molecule has 0 fully saturated rings. The summed E-state index contributed by atoms with van der Waals surface area (Å²) in [5, 5.41) is 13.4. The van der Waals surface area contributed by atoms with Crippen LogP contribution in [0.15, 0.2) is 48.5 Å². The molecule has 13 heteroatoms. The van der Waals surface area contributed by atoms with Crippen LogP contribution in [0.5, 0.6) is 5.75 Å². The minimum Gasteiger partial charge on any atom is -0.494 e. The summed E-state index contributed by atoms with van der Waals surface area (Å²) in [6, 6.07) is 7.22. The van der Waals surface area contributed by atoms with Gasteiger partial charge in [0.25, 0.3) is 0 Å². The maximum absolute atomic E-state index is 13.3. The maximum Gasteiger partial charge on any atom is 0.416 e. The van der Waals surface area contributed by atoms with Crippen molar-refractivity contribution in [3.05, 3.63) is 65.2 Å². The third-order valence-corrected chi connectivity index (χ3v) is 6.03. The van der Waals surface area contributed by atoms with E-state index in [1.807, 2.05) is 6.92 Å². The van der Waals surface area contributed by atoms with Crippen molar-refractivity contribution in [3.8, 4) is 5.75 Å². The van der Waals surface area contributed by atoms with E-state index in [-0.39, 0.29) is 38.2 Å². The molecule has 2 aromatic rings. The molecule has 0 radical (unpaired) electrons. The third kappa shape index (κ3) is 9.59. The number of ether oxygens (including phenoxy) is 1. The molecule has 0 aliphatic rings. The van der Waals surface area contributed by atoms with Crippen molar-refractivity contribution in [3.63, 3.8) is 0 Å². The zero-order valence-corrected chi connectivity index (χ0v) is 22.2. The van der Waals surface area contributed by atoms with Crippen LogP contribution >= 0.6 is 0 Å². The lowest BCUT2D eigenvalue weighted by molar-refractivity contribution is -0.137. The summed E-state index contributed by atoms with van der Waals surface area (Å²) in [6.07, 6.45) is -6.93. The van der Waals surface area contributed by atoms with Gasteiger partial charge in [0, 0.05) is 32.6 Å². The molecule has 0 aliphatic carbocycles. The molecule has 0 aliphatic heterocycles. The molecule has 10 nitrogen and oxygen atoms in total. The number of nitrogens with zero attached hydrogens (tertiary/aromatic N) is 1. The van der Waals surface area contributed by atoms with Crippen molar-refractivity contribution in [1.82, 2.24) is 10.2 Å². The third-order valence-electron chi connectivity index (χ3n) is 6.03. The topological polar surface area (TPSA) is 174 Å². The van der Waals surface area contributed by atoms with E-state index in [0.29, 0.717) is 17.9 Å². The smallest absolute Gasteiger partial charge is 0.416 e. The molecule has 0 heterocycles. The van der Waals surface area contributed by atoms with Crippen molar-refractivity contribution < 1.29 is 37.4 Å². The van der Waals surface area contributed by atoms with Gasteiger partial charge in [-0.2, -0.15) is 13.2 Å². The van der Waals surface area contributed by atoms with Gasteiger partial charge in [-0.1, -0.05) is 24.3 Å². The van der Waals surface area contributed by atoms with E-state index in [1.165, 1.54) is 4.90 Å². The Morgan fingerprint density at radius 2 is 1.57 bits per heavy atom. The Morgan fingerprint density at radius 1 is 1.00 bits per heavy atom. The lowest BCUT2D eigenvalue weighted by Gasteiger charge is -2.26. The quantitative estimate of drug-likeness (QED) is 0.211. The van der Waals surface area contributed by atoms with Crippen molar-refractivity contribution in [1.29, 1.82) is 0 Å². The average molecular weight is 568 g/mol. The fraction of sp³-hybridized carbons (Fsp3) is 0.444. The second-order valence-electron chi connectivity index (χ2n) is 9.04. The Hall–Kier alpha value is -3.52. The number of amides is 2. The highest BCUT2D eigenvalue weighted by Gasteiger charge is 2.34. The van der Waals surface area contributed by atoms with Gasteiger partial charge in [-0.3, -0.25) is 14.4 Å². The number of aliphatic hydroxyl groups excluding tert-OH is 1. The van der Waals surface area contributed by atoms with Crippen LogP contribution in [-0.2, 0) is 27.0 Å². The highest BCUT2D eigenvalue weighted by Crippen LogP contribution is 2.30. The number of nitrogens with one attached hydrogen (secondary N) is 1. The van der Waals surface area contributed by atoms with Crippen LogP contribution in [0.2, 0.25) is 0 Å². The number of aliphatic hydroxyl groups is 1. The Labute approximate surface area is 230 Å². The second kappa shape index (κ2) is 15.3.